The Balaban J connectivity index is 4.48. The van der Waals surface area contributed by atoms with Crippen molar-refractivity contribution < 1.29 is 32.9 Å². The minimum atomic E-state index is -4.31. The van der Waals surface area contributed by atoms with Crippen molar-refractivity contribution >= 4 is 13.7 Å². The summed E-state index contributed by atoms with van der Waals surface area (Å²) in [4.78, 5) is 23.0. The van der Waals surface area contributed by atoms with E-state index in [0.29, 0.717) is 23.9 Å². The lowest BCUT2D eigenvalue weighted by atomic mass is 10.0. The lowest BCUT2D eigenvalue weighted by molar-refractivity contribution is -0.870. The molecule has 0 rings (SSSR count). The molecule has 0 saturated heterocycles. The molecule has 0 fully saturated rings. The minimum absolute atomic E-state index is 0.0719. The zero-order valence-corrected chi connectivity index (χ0v) is 32.9. The summed E-state index contributed by atoms with van der Waals surface area (Å²) in [5.41, 5.74) is 0. The molecule has 0 aliphatic carbocycles. The molecule has 0 aromatic rings. The largest absolute Gasteiger partial charge is 0.472 e. The van der Waals surface area contributed by atoms with E-state index in [0.717, 1.165) is 64.2 Å². The lowest BCUT2D eigenvalue weighted by Gasteiger charge is -2.26. The Labute approximate surface area is 296 Å². The second-order valence-electron chi connectivity index (χ2n) is 14.7. The first-order valence-electron chi connectivity index (χ1n) is 19.7. The average molecular weight is 702 g/mol. The van der Waals surface area contributed by atoms with Gasteiger partial charge in [-0.05, 0) is 38.5 Å². The van der Waals surface area contributed by atoms with Crippen molar-refractivity contribution in [1.82, 2.24) is 5.32 Å². The van der Waals surface area contributed by atoms with Gasteiger partial charge in [-0.25, -0.2) is 4.57 Å². The van der Waals surface area contributed by atoms with Crippen LogP contribution in [0, 0.1) is 0 Å². The van der Waals surface area contributed by atoms with Crippen LogP contribution in [0.25, 0.3) is 0 Å². The summed E-state index contributed by atoms with van der Waals surface area (Å²) in [6.07, 6.45) is 34.8. The standard InChI is InChI=1S/C39H77N2O6P/c1-6-8-10-12-14-16-18-20-21-23-25-27-29-31-33-39(43)40-37(36-47-48(44,45)46-35-34-41(3,4)5)38(42)32-30-28-26-24-22-19-17-15-13-11-9-7-2/h12,14,18,20,37-38,42H,6-11,13,15-17,19,21-36H2,1-5H3,(H-,40,43,44,45)/p+1/b14-12-,20-18-. The third-order valence-corrected chi connectivity index (χ3v) is 9.69. The topological polar surface area (TPSA) is 105 Å². The van der Waals surface area contributed by atoms with Crippen LogP contribution < -0.4 is 5.32 Å². The SMILES string of the molecule is CCCC/C=C\C/C=C\CCCCCCCC(=O)NC(COP(=O)(O)OCC[N+](C)(C)C)C(O)CCCCCCCCCCCCCC. The van der Waals surface area contributed by atoms with E-state index in [4.69, 9.17) is 9.05 Å². The van der Waals surface area contributed by atoms with Gasteiger partial charge in [0, 0.05) is 6.42 Å². The number of aliphatic hydroxyl groups is 1. The van der Waals surface area contributed by atoms with E-state index in [2.05, 4.69) is 43.5 Å². The fraction of sp³-hybridized carbons (Fsp3) is 0.872. The quantitative estimate of drug-likeness (QED) is 0.0263. The number of nitrogens with zero attached hydrogens (tertiary/aromatic N) is 1. The molecule has 3 N–H and O–H groups in total. The van der Waals surface area contributed by atoms with Gasteiger partial charge in [-0.15, -0.1) is 0 Å². The van der Waals surface area contributed by atoms with Crippen molar-refractivity contribution in [3.8, 4) is 0 Å². The number of allylic oxidation sites excluding steroid dienone is 4. The van der Waals surface area contributed by atoms with E-state index in [1.165, 1.54) is 77.0 Å². The fourth-order valence-corrected chi connectivity index (χ4v) is 6.21. The number of unbranched alkanes of at least 4 members (excludes halogenated alkanes) is 18. The first kappa shape index (κ1) is 47.0. The summed E-state index contributed by atoms with van der Waals surface area (Å²) < 4.78 is 23.5. The van der Waals surface area contributed by atoms with E-state index in [-0.39, 0.29) is 19.1 Å². The van der Waals surface area contributed by atoms with Crippen LogP contribution in [0.15, 0.2) is 24.3 Å². The molecule has 3 unspecified atom stereocenters. The van der Waals surface area contributed by atoms with E-state index in [1.54, 1.807) is 0 Å². The lowest BCUT2D eigenvalue weighted by Crippen LogP contribution is -2.46. The van der Waals surface area contributed by atoms with E-state index in [9.17, 15) is 19.4 Å². The number of quaternary nitrogens is 1. The fourth-order valence-electron chi connectivity index (χ4n) is 5.47. The molecule has 284 valence electrons. The number of hydrogen-bond donors (Lipinski definition) is 3. The highest BCUT2D eigenvalue weighted by atomic mass is 31.2. The van der Waals surface area contributed by atoms with Gasteiger partial charge >= 0.3 is 7.82 Å². The molecule has 0 aromatic heterocycles. The second kappa shape index (κ2) is 31.9. The summed E-state index contributed by atoms with van der Waals surface area (Å²) in [7, 11) is 1.60. The number of rotatable bonds is 35. The smallest absolute Gasteiger partial charge is 0.391 e. The van der Waals surface area contributed by atoms with E-state index >= 15 is 0 Å². The molecule has 48 heavy (non-hydrogen) atoms. The van der Waals surface area contributed by atoms with Crippen LogP contribution >= 0.6 is 7.82 Å². The van der Waals surface area contributed by atoms with Gasteiger partial charge in [0.1, 0.15) is 13.2 Å². The molecule has 8 nitrogen and oxygen atoms in total. The van der Waals surface area contributed by atoms with Crippen LogP contribution in [0.1, 0.15) is 168 Å². The Morgan fingerprint density at radius 2 is 1.21 bits per heavy atom. The van der Waals surface area contributed by atoms with Crippen molar-refractivity contribution in [2.75, 3.05) is 40.9 Å². The second-order valence-corrected chi connectivity index (χ2v) is 16.1. The molecule has 0 heterocycles. The molecule has 0 aromatic carbocycles. The number of phosphoric ester groups is 1. The molecule has 0 saturated carbocycles. The van der Waals surface area contributed by atoms with E-state index < -0.39 is 20.0 Å². The average Bonchev–Trinajstić information content (AvgIpc) is 3.02. The van der Waals surface area contributed by atoms with Crippen LogP contribution in [0.5, 0.6) is 0 Å². The molecule has 1 amide bonds. The van der Waals surface area contributed by atoms with Crippen LogP contribution in [-0.4, -0.2) is 73.4 Å². The monoisotopic (exact) mass is 702 g/mol. The maximum absolute atomic E-state index is 12.8. The van der Waals surface area contributed by atoms with Gasteiger partial charge in [0.2, 0.25) is 5.91 Å². The van der Waals surface area contributed by atoms with Crippen molar-refractivity contribution in [3.63, 3.8) is 0 Å². The van der Waals surface area contributed by atoms with Crippen LogP contribution in [0.4, 0.5) is 0 Å². The highest BCUT2D eigenvalue weighted by molar-refractivity contribution is 7.47. The maximum Gasteiger partial charge on any atom is 0.472 e. The summed E-state index contributed by atoms with van der Waals surface area (Å²) in [5, 5.41) is 13.9. The highest BCUT2D eigenvalue weighted by Crippen LogP contribution is 2.43. The number of likely N-dealkylation sites (N-methyl/N-ethyl adjacent to an activating group) is 1. The number of nitrogens with one attached hydrogen (secondary N) is 1. The summed E-state index contributed by atoms with van der Waals surface area (Å²) in [5.74, 6) is -0.161. The molecule has 0 spiro atoms. The molecule has 3 atom stereocenters. The van der Waals surface area contributed by atoms with Gasteiger partial charge in [-0.3, -0.25) is 13.8 Å². The maximum atomic E-state index is 12.8. The third-order valence-electron chi connectivity index (χ3n) is 8.70. The molecule has 0 aliphatic rings. The highest BCUT2D eigenvalue weighted by Gasteiger charge is 2.28. The first-order valence-corrected chi connectivity index (χ1v) is 21.2. The summed E-state index contributed by atoms with van der Waals surface area (Å²) in [6, 6.07) is -0.763. The molecular weight excluding hydrogens is 623 g/mol. The Morgan fingerprint density at radius 3 is 1.77 bits per heavy atom. The first-order chi connectivity index (χ1) is 23.0. The number of hydrogen-bond acceptors (Lipinski definition) is 5. The Bertz CT molecular complexity index is 845. The van der Waals surface area contributed by atoms with Crippen LogP contribution in [0.2, 0.25) is 0 Å². The minimum Gasteiger partial charge on any atom is -0.391 e. The van der Waals surface area contributed by atoms with Crippen LogP contribution in [-0.2, 0) is 18.4 Å². The van der Waals surface area contributed by atoms with Gasteiger partial charge in [0.25, 0.3) is 0 Å². The zero-order valence-electron chi connectivity index (χ0n) is 32.0. The number of phosphoric acid groups is 1. The summed E-state index contributed by atoms with van der Waals surface area (Å²) in [6.45, 7) is 4.81. The van der Waals surface area contributed by atoms with Crippen molar-refractivity contribution in [2.45, 2.75) is 180 Å². The van der Waals surface area contributed by atoms with Crippen LogP contribution in [0.3, 0.4) is 0 Å². The van der Waals surface area contributed by atoms with Gasteiger partial charge in [0.05, 0.1) is 39.9 Å². The van der Waals surface area contributed by atoms with Crippen molar-refractivity contribution in [1.29, 1.82) is 0 Å². The number of carbonyl (C=O) groups is 1. The van der Waals surface area contributed by atoms with Gasteiger partial charge in [-0.2, -0.15) is 0 Å². The predicted molar refractivity (Wildman–Crippen MR) is 203 cm³/mol. The molecule has 0 bridgehead atoms. The van der Waals surface area contributed by atoms with Crippen molar-refractivity contribution in [3.05, 3.63) is 24.3 Å². The van der Waals surface area contributed by atoms with Gasteiger partial charge in [0.15, 0.2) is 0 Å². The Morgan fingerprint density at radius 1 is 0.708 bits per heavy atom. The van der Waals surface area contributed by atoms with Gasteiger partial charge < -0.3 is 19.8 Å². The third kappa shape index (κ3) is 33.5. The molecule has 0 radical (unpaired) electrons. The van der Waals surface area contributed by atoms with Crippen molar-refractivity contribution in [2.24, 2.45) is 0 Å². The number of carbonyl (C=O) groups excluding carboxylic acids is 1. The number of aliphatic hydroxyl groups excluding tert-OH is 1. The molecule has 9 heteroatoms. The normalized spacial score (nSPS) is 14.9. The Hall–Kier alpha value is -1.02. The molecule has 0 aliphatic heterocycles. The van der Waals surface area contributed by atoms with Gasteiger partial charge in [-0.1, -0.05) is 147 Å². The Kier molecular flexibility index (Phi) is 31.2. The number of amides is 1. The van der Waals surface area contributed by atoms with E-state index in [1.807, 2.05) is 21.1 Å². The zero-order chi connectivity index (χ0) is 35.8. The summed E-state index contributed by atoms with van der Waals surface area (Å²) >= 11 is 0. The predicted octanol–water partition coefficient (Wildman–Crippen LogP) is 10.2. The molecular formula is C39H78N2O6P+.